The number of ether oxygens (including phenoxy) is 1. The molecular weight excluding hydrogens is 592 g/mol. The molecule has 3 amide bonds. The molecule has 12 heteroatoms. The molecule has 45 heavy (non-hydrogen) atoms. The number of nitrogens with one attached hydrogen (secondary N) is 1. The summed E-state index contributed by atoms with van der Waals surface area (Å²) in [5, 5.41) is 2.77. The molecule has 1 saturated heterocycles. The topological polar surface area (TPSA) is 91.8 Å². The molecule has 1 aliphatic carbocycles. The molecule has 0 spiro atoms. The fourth-order valence-electron chi connectivity index (χ4n) is 5.70. The highest BCUT2D eigenvalue weighted by molar-refractivity contribution is 6.05. The molecule has 1 aromatic heterocycles. The minimum Gasteiger partial charge on any atom is -0.444 e. The average Bonchev–Trinajstić information content (AvgIpc) is 3.32. The molecule has 0 bridgehead atoms. The maximum absolute atomic E-state index is 15.6. The molecule has 3 atom stereocenters. The lowest BCUT2D eigenvalue weighted by molar-refractivity contribution is -0.130. The molecule has 1 aromatic carbocycles. The highest BCUT2D eigenvalue weighted by Gasteiger charge is 2.48. The van der Waals surface area contributed by atoms with Crippen molar-refractivity contribution in [2.24, 2.45) is 0 Å². The number of pyridine rings is 1. The van der Waals surface area contributed by atoms with Crippen LogP contribution in [0.25, 0.3) is 0 Å². The first-order valence-corrected chi connectivity index (χ1v) is 15.2. The number of aromatic nitrogens is 1. The van der Waals surface area contributed by atoms with Gasteiger partial charge in [0, 0.05) is 42.9 Å². The number of anilines is 1. The van der Waals surface area contributed by atoms with Crippen LogP contribution in [0.2, 0.25) is 0 Å². The van der Waals surface area contributed by atoms with Crippen LogP contribution in [-0.4, -0.2) is 64.1 Å². The van der Waals surface area contributed by atoms with Gasteiger partial charge in [0.2, 0.25) is 11.8 Å². The maximum Gasteiger partial charge on any atom is 0.411 e. The Bertz CT molecular complexity index is 1380. The van der Waals surface area contributed by atoms with Crippen molar-refractivity contribution in [2.45, 2.75) is 115 Å². The normalized spacial score (nSPS) is 21.2. The van der Waals surface area contributed by atoms with Gasteiger partial charge in [-0.3, -0.25) is 24.4 Å². The maximum atomic E-state index is 15.6. The van der Waals surface area contributed by atoms with Crippen molar-refractivity contribution in [1.29, 1.82) is 0 Å². The van der Waals surface area contributed by atoms with Gasteiger partial charge in [0.1, 0.15) is 29.7 Å². The van der Waals surface area contributed by atoms with Crippen molar-refractivity contribution in [1.82, 2.24) is 15.2 Å². The summed E-state index contributed by atoms with van der Waals surface area (Å²) in [6.45, 7) is 10.8. The Balaban J connectivity index is 1.81. The van der Waals surface area contributed by atoms with Gasteiger partial charge in [0.05, 0.1) is 6.20 Å². The zero-order valence-electron chi connectivity index (χ0n) is 26.6. The van der Waals surface area contributed by atoms with Gasteiger partial charge in [-0.15, -0.1) is 0 Å². The second-order valence-corrected chi connectivity index (χ2v) is 13.9. The summed E-state index contributed by atoms with van der Waals surface area (Å²) in [4.78, 5) is 47.7. The Hall–Kier alpha value is -3.70. The molecule has 4 rings (SSSR count). The van der Waals surface area contributed by atoms with E-state index in [9.17, 15) is 27.6 Å². The van der Waals surface area contributed by atoms with E-state index in [1.165, 1.54) is 6.20 Å². The van der Waals surface area contributed by atoms with Crippen LogP contribution in [0.15, 0.2) is 42.7 Å². The number of carbonyl (C=O) groups excluding carboxylic acids is 3. The quantitative estimate of drug-likeness (QED) is 0.360. The molecule has 1 unspecified atom stereocenters. The van der Waals surface area contributed by atoms with E-state index in [1.807, 2.05) is 20.8 Å². The minimum atomic E-state index is -2.84. The molecular formula is C33H42F4N4O4. The summed E-state index contributed by atoms with van der Waals surface area (Å²) < 4.78 is 63.4. The standard InChI is InChI=1S/C33H42F4N4O4/c1-31(2,3)21-7-9-24(10-8-21)41(29(43)27-25(35)13-16-40(27)30(44)45-32(4,5)6)26(20-17-22(34)19-38-18-20)28(42)39-23-11-14-33(36,37)15-12-23/h7-10,17-19,23,25-27H,11-16H2,1-6H3,(H,39,42)/t25-,26?,27-/m1/s1. The van der Waals surface area contributed by atoms with Gasteiger partial charge in [0.15, 0.2) is 0 Å². The highest BCUT2D eigenvalue weighted by Crippen LogP contribution is 2.36. The Kier molecular flexibility index (Phi) is 9.84. The number of hydrogen-bond acceptors (Lipinski definition) is 5. The van der Waals surface area contributed by atoms with E-state index >= 15 is 4.39 Å². The highest BCUT2D eigenvalue weighted by atomic mass is 19.3. The van der Waals surface area contributed by atoms with Gasteiger partial charge in [-0.1, -0.05) is 32.9 Å². The SMILES string of the molecule is CC(C)(C)OC(=O)N1CC[C@@H](F)[C@@H]1C(=O)N(c1ccc(C(C)(C)C)cc1)C(C(=O)NC1CCC(F)(F)CC1)c1cncc(F)c1. The fraction of sp³-hybridized carbons (Fsp3) is 0.576. The molecule has 0 radical (unpaired) electrons. The number of likely N-dealkylation sites (tertiary alicyclic amines) is 1. The molecule has 2 fully saturated rings. The molecule has 8 nitrogen and oxygen atoms in total. The van der Waals surface area contributed by atoms with Gasteiger partial charge in [-0.2, -0.15) is 0 Å². The third-order valence-electron chi connectivity index (χ3n) is 8.07. The summed E-state index contributed by atoms with van der Waals surface area (Å²) >= 11 is 0. The number of nitrogens with zero attached hydrogens (tertiary/aromatic N) is 3. The van der Waals surface area contributed by atoms with Gasteiger partial charge in [0.25, 0.3) is 5.91 Å². The van der Waals surface area contributed by atoms with Gasteiger partial charge < -0.3 is 10.1 Å². The van der Waals surface area contributed by atoms with Crippen molar-refractivity contribution in [3.05, 3.63) is 59.7 Å². The monoisotopic (exact) mass is 634 g/mol. The van der Waals surface area contributed by atoms with Crippen LogP contribution in [-0.2, 0) is 19.7 Å². The first kappa shape index (κ1) is 34.2. The van der Waals surface area contributed by atoms with E-state index in [4.69, 9.17) is 4.74 Å². The summed E-state index contributed by atoms with van der Waals surface area (Å²) in [5.74, 6) is -5.32. The second kappa shape index (κ2) is 13.0. The number of amides is 3. The fourth-order valence-corrected chi connectivity index (χ4v) is 5.70. The molecule has 2 heterocycles. The van der Waals surface area contributed by atoms with Crippen LogP contribution >= 0.6 is 0 Å². The van der Waals surface area contributed by atoms with E-state index in [1.54, 1.807) is 45.0 Å². The number of alkyl halides is 3. The van der Waals surface area contributed by atoms with Crippen LogP contribution in [0.3, 0.4) is 0 Å². The Morgan fingerprint density at radius 1 is 1.02 bits per heavy atom. The number of carbonyl (C=O) groups is 3. The first-order valence-electron chi connectivity index (χ1n) is 15.2. The molecule has 1 aliphatic heterocycles. The number of rotatable bonds is 6. The molecule has 1 saturated carbocycles. The lowest BCUT2D eigenvalue weighted by Gasteiger charge is -2.37. The predicted octanol–water partition coefficient (Wildman–Crippen LogP) is 6.63. The molecule has 2 aliphatic rings. The van der Waals surface area contributed by atoms with Crippen molar-refractivity contribution < 1.29 is 36.7 Å². The minimum absolute atomic E-state index is 0.00267. The lowest BCUT2D eigenvalue weighted by atomic mass is 9.87. The van der Waals surface area contributed by atoms with Crippen LogP contribution in [0.1, 0.15) is 90.8 Å². The smallest absolute Gasteiger partial charge is 0.411 e. The van der Waals surface area contributed by atoms with E-state index in [-0.39, 0.29) is 42.5 Å². The zero-order chi connectivity index (χ0) is 33.3. The summed E-state index contributed by atoms with van der Waals surface area (Å²) in [6.07, 6.45) is -1.48. The molecule has 2 aromatic rings. The predicted molar refractivity (Wildman–Crippen MR) is 161 cm³/mol. The van der Waals surface area contributed by atoms with Gasteiger partial charge >= 0.3 is 6.09 Å². The first-order chi connectivity index (χ1) is 20.9. The van der Waals surface area contributed by atoms with Crippen molar-refractivity contribution in [2.75, 3.05) is 11.4 Å². The summed E-state index contributed by atoms with van der Waals surface area (Å²) in [6, 6.07) is 3.95. The van der Waals surface area contributed by atoms with Crippen molar-refractivity contribution >= 4 is 23.6 Å². The second-order valence-electron chi connectivity index (χ2n) is 13.9. The van der Waals surface area contributed by atoms with Gasteiger partial charge in [-0.05, 0) is 69.2 Å². The zero-order valence-corrected chi connectivity index (χ0v) is 26.6. The number of benzene rings is 1. The molecule has 1 N–H and O–H groups in total. The average molecular weight is 635 g/mol. The Morgan fingerprint density at radius 3 is 2.20 bits per heavy atom. The number of hydrogen-bond donors (Lipinski definition) is 1. The van der Waals surface area contributed by atoms with E-state index in [0.29, 0.717) is 0 Å². The van der Waals surface area contributed by atoms with Crippen LogP contribution in [0.5, 0.6) is 0 Å². The van der Waals surface area contributed by atoms with E-state index in [0.717, 1.165) is 27.6 Å². The summed E-state index contributed by atoms with van der Waals surface area (Å²) in [5.41, 5.74) is -0.0961. The third kappa shape index (κ3) is 8.32. The molecule has 246 valence electrons. The van der Waals surface area contributed by atoms with Crippen LogP contribution in [0, 0.1) is 5.82 Å². The summed E-state index contributed by atoms with van der Waals surface area (Å²) in [7, 11) is 0. The van der Waals surface area contributed by atoms with Crippen LogP contribution in [0.4, 0.5) is 28.0 Å². The Morgan fingerprint density at radius 2 is 1.64 bits per heavy atom. The van der Waals surface area contributed by atoms with Crippen LogP contribution < -0.4 is 10.2 Å². The van der Waals surface area contributed by atoms with Crippen molar-refractivity contribution in [3.63, 3.8) is 0 Å². The largest absolute Gasteiger partial charge is 0.444 e. The van der Waals surface area contributed by atoms with E-state index < -0.39 is 72.4 Å². The van der Waals surface area contributed by atoms with Gasteiger partial charge in [-0.25, -0.2) is 22.4 Å². The lowest BCUT2D eigenvalue weighted by Crippen LogP contribution is -2.55. The number of halogens is 4. The third-order valence-corrected chi connectivity index (χ3v) is 8.07. The van der Waals surface area contributed by atoms with Crippen molar-refractivity contribution in [3.8, 4) is 0 Å². The Labute approximate surface area is 261 Å². The van der Waals surface area contributed by atoms with E-state index in [2.05, 4.69) is 10.3 Å².